The lowest BCUT2D eigenvalue weighted by atomic mass is 9.76. The fourth-order valence-electron chi connectivity index (χ4n) is 6.55. The Labute approximate surface area is 261 Å². The molecule has 6 nitrogen and oxygen atoms in total. The molecule has 0 amide bonds. The van der Waals surface area contributed by atoms with E-state index in [1.807, 2.05) is 67.6 Å². The summed E-state index contributed by atoms with van der Waals surface area (Å²) in [6, 6.07) is 29.1. The van der Waals surface area contributed by atoms with Gasteiger partial charge in [0.25, 0.3) is 0 Å². The van der Waals surface area contributed by atoms with Crippen molar-refractivity contribution in [2.45, 2.75) is 61.6 Å². The second-order valence-corrected chi connectivity index (χ2v) is 13.5. The second-order valence-electron chi connectivity index (χ2n) is 11.6. The molecule has 2 fully saturated rings. The van der Waals surface area contributed by atoms with Gasteiger partial charge in [0.05, 0.1) is 23.1 Å². The van der Waals surface area contributed by atoms with Crippen LogP contribution in [0.1, 0.15) is 53.5 Å². The van der Waals surface area contributed by atoms with Crippen molar-refractivity contribution in [3.8, 4) is 11.5 Å². The van der Waals surface area contributed by atoms with Gasteiger partial charge in [-0.25, -0.2) is 8.42 Å². The van der Waals surface area contributed by atoms with Gasteiger partial charge in [0.1, 0.15) is 18.1 Å². The minimum atomic E-state index is -4.86. The quantitative estimate of drug-likeness (QED) is 0.196. The number of alkyl halides is 3. The first-order valence-electron chi connectivity index (χ1n) is 14.9. The van der Waals surface area contributed by atoms with Gasteiger partial charge in [-0.05, 0) is 67.6 Å². The molecule has 4 aromatic carbocycles. The monoisotopic (exact) mass is 637 g/mol. The average Bonchev–Trinajstić information content (AvgIpc) is 3.44. The van der Waals surface area contributed by atoms with Crippen LogP contribution in [-0.4, -0.2) is 37.8 Å². The van der Waals surface area contributed by atoms with Crippen molar-refractivity contribution in [1.82, 2.24) is 4.31 Å². The Bertz CT molecular complexity index is 1720. The summed E-state index contributed by atoms with van der Waals surface area (Å²) in [5, 5.41) is 0. The van der Waals surface area contributed by atoms with Crippen molar-refractivity contribution >= 4 is 10.0 Å². The van der Waals surface area contributed by atoms with Gasteiger partial charge in [-0.2, -0.15) is 4.31 Å². The zero-order valence-corrected chi connectivity index (χ0v) is 25.6. The van der Waals surface area contributed by atoms with Crippen molar-refractivity contribution in [3.05, 3.63) is 125 Å². The van der Waals surface area contributed by atoms with Gasteiger partial charge < -0.3 is 14.2 Å². The van der Waals surface area contributed by atoms with Crippen LogP contribution in [0.15, 0.2) is 108 Å². The molecule has 45 heavy (non-hydrogen) atoms. The van der Waals surface area contributed by atoms with Crippen molar-refractivity contribution < 1.29 is 35.8 Å². The van der Waals surface area contributed by atoms with Gasteiger partial charge in [-0.3, -0.25) is 0 Å². The van der Waals surface area contributed by atoms with Gasteiger partial charge >= 0.3 is 6.36 Å². The molecule has 4 aromatic rings. The Balaban J connectivity index is 1.37. The summed E-state index contributed by atoms with van der Waals surface area (Å²) in [4.78, 5) is 0.203. The largest absolute Gasteiger partial charge is 0.573 e. The molecule has 2 heterocycles. The summed E-state index contributed by atoms with van der Waals surface area (Å²) in [5.41, 5.74) is 2.26. The lowest BCUT2D eigenvalue weighted by Gasteiger charge is -2.47. The highest BCUT2D eigenvalue weighted by Crippen LogP contribution is 2.53. The molecule has 3 atom stereocenters. The standard InChI is InChI=1S/C35H34F3NO5S/c1-25-13-16-30(17-14-25)45(40,41)39-20-8-19-34(33(39)27-11-6-3-7-12-27)22-28(24-43-34)31-21-29(44-35(36,37)38)15-18-32(31)42-23-26-9-4-2-5-10-26/h2-7,9-18,21,28,33H,8,19-20,22-24H2,1H3/t28-,33-,34+/m1/s1. The van der Waals surface area contributed by atoms with E-state index >= 15 is 0 Å². The number of piperidine rings is 1. The zero-order valence-electron chi connectivity index (χ0n) is 24.7. The summed E-state index contributed by atoms with van der Waals surface area (Å²) in [5.74, 6) is -0.298. The average molecular weight is 638 g/mol. The van der Waals surface area contributed by atoms with Gasteiger partial charge in [0.15, 0.2) is 0 Å². The molecule has 2 aliphatic rings. The van der Waals surface area contributed by atoms with Gasteiger partial charge in [0, 0.05) is 18.0 Å². The van der Waals surface area contributed by atoms with Crippen LogP contribution in [0.5, 0.6) is 11.5 Å². The maximum absolute atomic E-state index is 14.2. The van der Waals surface area contributed by atoms with E-state index < -0.39 is 28.0 Å². The van der Waals surface area contributed by atoms with E-state index in [4.69, 9.17) is 9.47 Å². The number of benzene rings is 4. The first-order chi connectivity index (χ1) is 21.5. The molecule has 1 spiro atoms. The fourth-order valence-corrected chi connectivity index (χ4v) is 8.26. The van der Waals surface area contributed by atoms with Crippen LogP contribution in [0.4, 0.5) is 13.2 Å². The van der Waals surface area contributed by atoms with E-state index in [2.05, 4.69) is 4.74 Å². The van der Waals surface area contributed by atoms with E-state index in [0.717, 1.165) is 16.7 Å². The number of sulfonamides is 1. The maximum atomic E-state index is 14.2. The minimum Gasteiger partial charge on any atom is -0.489 e. The highest BCUT2D eigenvalue weighted by Gasteiger charge is 2.54. The zero-order chi connectivity index (χ0) is 31.7. The lowest BCUT2D eigenvalue weighted by Crippen LogP contribution is -2.52. The Kier molecular flexibility index (Phi) is 8.65. The molecule has 10 heteroatoms. The van der Waals surface area contributed by atoms with E-state index in [-0.39, 0.29) is 29.8 Å². The Hall–Kier alpha value is -3.86. The van der Waals surface area contributed by atoms with Crippen LogP contribution in [0.3, 0.4) is 0 Å². The van der Waals surface area contributed by atoms with Crippen LogP contribution in [-0.2, 0) is 21.4 Å². The Morgan fingerprint density at radius 1 is 0.933 bits per heavy atom. The topological polar surface area (TPSA) is 65.1 Å². The molecule has 0 aliphatic carbocycles. The number of ether oxygens (including phenoxy) is 3. The molecular formula is C35H34F3NO5S. The van der Waals surface area contributed by atoms with Crippen molar-refractivity contribution in [1.29, 1.82) is 0 Å². The highest BCUT2D eigenvalue weighted by molar-refractivity contribution is 7.89. The molecule has 0 aromatic heterocycles. The summed E-state index contributed by atoms with van der Waals surface area (Å²) in [6.45, 7) is 2.62. The second kappa shape index (κ2) is 12.5. The molecule has 2 aliphatic heterocycles. The molecule has 0 radical (unpaired) electrons. The number of hydrogen-bond acceptors (Lipinski definition) is 5. The maximum Gasteiger partial charge on any atom is 0.573 e. The van der Waals surface area contributed by atoms with E-state index in [1.54, 1.807) is 24.3 Å². The molecule has 0 bridgehead atoms. The van der Waals surface area contributed by atoms with E-state index in [1.165, 1.54) is 22.5 Å². The molecule has 0 saturated carbocycles. The third kappa shape index (κ3) is 6.73. The summed E-state index contributed by atoms with van der Waals surface area (Å²) < 4.78 is 86.6. The third-order valence-electron chi connectivity index (χ3n) is 8.56. The summed E-state index contributed by atoms with van der Waals surface area (Å²) >= 11 is 0. The number of nitrogens with zero attached hydrogens (tertiary/aromatic N) is 1. The van der Waals surface area contributed by atoms with Gasteiger partial charge in [-0.1, -0.05) is 78.4 Å². The van der Waals surface area contributed by atoms with Crippen LogP contribution < -0.4 is 9.47 Å². The smallest absolute Gasteiger partial charge is 0.489 e. The molecule has 236 valence electrons. The highest BCUT2D eigenvalue weighted by atomic mass is 32.2. The van der Waals surface area contributed by atoms with Crippen LogP contribution >= 0.6 is 0 Å². The van der Waals surface area contributed by atoms with E-state index in [9.17, 15) is 21.6 Å². The van der Waals surface area contributed by atoms with Gasteiger partial charge in [0.2, 0.25) is 10.0 Å². The van der Waals surface area contributed by atoms with Crippen LogP contribution in [0, 0.1) is 6.92 Å². The molecule has 6 rings (SSSR count). The molecule has 0 unspecified atom stereocenters. The SMILES string of the molecule is Cc1ccc(S(=O)(=O)N2CCC[C@]3(C[C@@H](c4cc(OC(F)(F)F)ccc4OCc4ccccc4)CO3)[C@H]2c2ccccc2)cc1. The molecule has 2 saturated heterocycles. The summed E-state index contributed by atoms with van der Waals surface area (Å²) in [7, 11) is -3.91. The lowest BCUT2D eigenvalue weighted by molar-refractivity contribution is -0.274. The third-order valence-corrected chi connectivity index (χ3v) is 10.4. The predicted octanol–water partition coefficient (Wildman–Crippen LogP) is 7.94. The molecular weight excluding hydrogens is 603 g/mol. The van der Waals surface area contributed by atoms with Crippen molar-refractivity contribution in [3.63, 3.8) is 0 Å². The summed E-state index contributed by atoms with van der Waals surface area (Å²) in [6.07, 6.45) is -3.33. The first kappa shape index (κ1) is 31.1. The van der Waals surface area contributed by atoms with Gasteiger partial charge in [-0.15, -0.1) is 13.2 Å². The van der Waals surface area contributed by atoms with Crippen molar-refractivity contribution in [2.75, 3.05) is 13.2 Å². The van der Waals surface area contributed by atoms with Crippen molar-refractivity contribution in [2.24, 2.45) is 0 Å². The first-order valence-corrected chi connectivity index (χ1v) is 16.3. The number of halogens is 3. The normalized spacial score (nSPS) is 22.4. The number of hydrogen-bond donors (Lipinski definition) is 0. The van der Waals surface area contributed by atoms with E-state index in [0.29, 0.717) is 37.1 Å². The Morgan fingerprint density at radius 3 is 2.31 bits per heavy atom. The Morgan fingerprint density at radius 2 is 1.62 bits per heavy atom. The van der Waals surface area contributed by atoms with Crippen LogP contribution in [0.25, 0.3) is 0 Å². The molecule has 0 N–H and O–H groups in total. The van der Waals surface area contributed by atoms with Crippen LogP contribution in [0.2, 0.25) is 0 Å². The fraction of sp³-hybridized carbons (Fsp3) is 0.314. The predicted molar refractivity (Wildman–Crippen MR) is 163 cm³/mol. The number of aryl methyl sites for hydroxylation is 1. The minimum absolute atomic E-state index is 0.179. The number of rotatable bonds is 8.